The van der Waals surface area contributed by atoms with Gasteiger partial charge in [0, 0.05) is 31.5 Å². The van der Waals surface area contributed by atoms with Crippen LogP contribution in [0.2, 0.25) is 0 Å². The van der Waals surface area contributed by atoms with E-state index in [0.717, 1.165) is 18.5 Å². The molecule has 0 aromatic carbocycles. The Hall–Kier alpha value is -1.46. The molecule has 1 aliphatic rings. The molecule has 1 aromatic heterocycles. The van der Waals surface area contributed by atoms with Crippen molar-refractivity contribution in [2.45, 2.75) is 19.4 Å². The highest BCUT2D eigenvalue weighted by molar-refractivity contribution is 5.81. The molecule has 2 rings (SSSR count). The zero-order chi connectivity index (χ0) is 13.2. The maximum absolute atomic E-state index is 11.5. The first-order valence-electron chi connectivity index (χ1n) is 6.21. The van der Waals surface area contributed by atoms with Gasteiger partial charge in [0.2, 0.25) is 5.91 Å². The Bertz CT molecular complexity index is 422. The Morgan fingerprint density at radius 1 is 1.56 bits per heavy atom. The number of hydrogen-bond donors (Lipinski definition) is 2. The van der Waals surface area contributed by atoms with Crippen LogP contribution in [-0.2, 0) is 4.79 Å². The lowest BCUT2D eigenvalue weighted by molar-refractivity contribution is -0.126. The number of rotatable bonds is 4. The van der Waals surface area contributed by atoms with Gasteiger partial charge in [-0.3, -0.25) is 14.7 Å². The van der Waals surface area contributed by atoms with E-state index >= 15 is 0 Å². The molecule has 0 radical (unpaired) electrons. The predicted octanol–water partition coefficient (Wildman–Crippen LogP) is 0.279. The largest absolute Gasteiger partial charge is 0.369 e. The van der Waals surface area contributed by atoms with Gasteiger partial charge in [-0.1, -0.05) is 0 Å². The Kier molecular flexibility index (Phi) is 3.63. The van der Waals surface area contributed by atoms with E-state index in [2.05, 4.69) is 9.88 Å². The van der Waals surface area contributed by atoms with Crippen molar-refractivity contribution in [3.05, 3.63) is 30.1 Å². The summed E-state index contributed by atoms with van der Waals surface area (Å²) in [5.74, 6) is -0.226. The van der Waals surface area contributed by atoms with E-state index in [1.165, 1.54) is 0 Å². The van der Waals surface area contributed by atoms with Crippen LogP contribution in [0, 0.1) is 5.41 Å². The number of hydrogen-bond acceptors (Lipinski definition) is 4. The molecule has 2 atom stereocenters. The number of likely N-dealkylation sites (tertiary alicyclic amines) is 1. The number of nitrogens with two attached hydrogens (primary N) is 2. The summed E-state index contributed by atoms with van der Waals surface area (Å²) in [6.07, 6.45) is 4.33. The molecule has 1 fully saturated rings. The van der Waals surface area contributed by atoms with Crippen molar-refractivity contribution < 1.29 is 4.79 Å². The molecule has 2 heterocycles. The molecule has 1 aliphatic heterocycles. The fraction of sp³-hybridized carbons (Fsp3) is 0.538. The number of amides is 1. The maximum Gasteiger partial charge on any atom is 0.224 e. The van der Waals surface area contributed by atoms with Crippen LogP contribution in [0.15, 0.2) is 24.5 Å². The minimum Gasteiger partial charge on any atom is -0.369 e. The summed E-state index contributed by atoms with van der Waals surface area (Å²) in [5, 5.41) is 0. The van der Waals surface area contributed by atoms with Gasteiger partial charge in [0.15, 0.2) is 0 Å². The van der Waals surface area contributed by atoms with Crippen molar-refractivity contribution in [1.82, 2.24) is 9.88 Å². The third-order valence-electron chi connectivity index (χ3n) is 3.85. The molecule has 1 saturated heterocycles. The normalized spacial score (nSPS) is 26.1. The lowest BCUT2D eigenvalue weighted by Gasteiger charge is -2.28. The van der Waals surface area contributed by atoms with Gasteiger partial charge in [0.1, 0.15) is 0 Å². The van der Waals surface area contributed by atoms with Gasteiger partial charge in [-0.2, -0.15) is 0 Å². The molecule has 5 nitrogen and oxygen atoms in total. The highest BCUT2D eigenvalue weighted by Gasteiger charge is 2.41. The van der Waals surface area contributed by atoms with Gasteiger partial charge in [0.25, 0.3) is 0 Å². The first-order chi connectivity index (χ1) is 8.57. The van der Waals surface area contributed by atoms with Crippen LogP contribution < -0.4 is 11.5 Å². The Labute approximate surface area is 107 Å². The van der Waals surface area contributed by atoms with Crippen molar-refractivity contribution in [1.29, 1.82) is 0 Å². The molecule has 0 spiro atoms. The van der Waals surface area contributed by atoms with Gasteiger partial charge >= 0.3 is 0 Å². The van der Waals surface area contributed by atoms with E-state index in [0.29, 0.717) is 13.1 Å². The summed E-state index contributed by atoms with van der Waals surface area (Å²) < 4.78 is 0. The van der Waals surface area contributed by atoms with E-state index in [1.54, 1.807) is 12.4 Å². The van der Waals surface area contributed by atoms with Crippen LogP contribution in [0.5, 0.6) is 0 Å². The van der Waals surface area contributed by atoms with Crippen LogP contribution in [0.1, 0.15) is 24.9 Å². The molecule has 0 aliphatic carbocycles. The Balaban J connectivity index is 2.15. The van der Waals surface area contributed by atoms with Gasteiger partial charge in [0.05, 0.1) is 5.41 Å². The monoisotopic (exact) mass is 248 g/mol. The molecule has 5 heteroatoms. The molecule has 0 saturated carbocycles. The topological polar surface area (TPSA) is 85.2 Å². The van der Waals surface area contributed by atoms with Crippen LogP contribution in [-0.4, -0.2) is 35.4 Å². The van der Waals surface area contributed by atoms with Gasteiger partial charge in [-0.05, 0) is 37.6 Å². The molecule has 1 aromatic rings. The number of carbonyl (C=O) groups is 1. The summed E-state index contributed by atoms with van der Waals surface area (Å²) in [7, 11) is 0. The fourth-order valence-electron chi connectivity index (χ4n) is 2.55. The lowest BCUT2D eigenvalue weighted by Crippen LogP contribution is -2.39. The van der Waals surface area contributed by atoms with E-state index in [1.807, 2.05) is 19.1 Å². The van der Waals surface area contributed by atoms with Crippen molar-refractivity contribution in [3.8, 4) is 0 Å². The molecule has 18 heavy (non-hydrogen) atoms. The standard InChI is InChI=1S/C13H20N4O/c1-13(12(15)18)4-7-17(9-13)11(8-14)10-2-5-16-6-3-10/h2-3,5-6,11H,4,7-9,14H2,1H3,(H2,15,18). The number of aromatic nitrogens is 1. The third-order valence-corrected chi connectivity index (χ3v) is 3.85. The van der Waals surface area contributed by atoms with E-state index in [4.69, 9.17) is 11.5 Å². The van der Waals surface area contributed by atoms with Crippen molar-refractivity contribution in [3.63, 3.8) is 0 Å². The second kappa shape index (κ2) is 5.04. The van der Waals surface area contributed by atoms with E-state index < -0.39 is 5.41 Å². The fourth-order valence-corrected chi connectivity index (χ4v) is 2.55. The zero-order valence-corrected chi connectivity index (χ0v) is 10.7. The molecular formula is C13H20N4O. The van der Waals surface area contributed by atoms with Crippen molar-refractivity contribution in [2.24, 2.45) is 16.9 Å². The first-order valence-corrected chi connectivity index (χ1v) is 6.21. The molecule has 1 amide bonds. The van der Waals surface area contributed by atoms with Gasteiger partial charge < -0.3 is 11.5 Å². The summed E-state index contributed by atoms with van der Waals surface area (Å²) in [4.78, 5) is 17.7. The van der Waals surface area contributed by atoms with Gasteiger partial charge in [-0.25, -0.2) is 0 Å². The summed E-state index contributed by atoms with van der Waals surface area (Å²) in [6, 6.07) is 4.07. The zero-order valence-electron chi connectivity index (χ0n) is 10.7. The number of pyridine rings is 1. The number of nitrogens with zero attached hydrogens (tertiary/aromatic N) is 2. The lowest BCUT2D eigenvalue weighted by atomic mass is 9.89. The molecule has 4 N–H and O–H groups in total. The molecule has 2 unspecified atom stereocenters. The Morgan fingerprint density at radius 2 is 2.22 bits per heavy atom. The Morgan fingerprint density at radius 3 is 2.72 bits per heavy atom. The average molecular weight is 248 g/mol. The number of primary amides is 1. The van der Waals surface area contributed by atoms with Crippen LogP contribution in [0.25, 0.3) is 0 Å². The molecular weight excluding hydrogens is 228 g/mol. The maximum atomic E-state index is 11.5. The quantitative estimate of drug-likeness (QED) is 0.801. The van der Waals surface area contributed by atoms with E-state index in [9.17, 15) is 4.79 Å². The van der Waals surface area contributed by atoms with Gasteiger partial charge in [-0.15, -0.1) is 0 Å². The van der Waals surface area contributed by atoms with Crippen molar-refractivity contribution >= 4 is 5.91 Å². The smallest absolute Gasteiger partial charge is 0.224 e. The van der Waals surface area contributed by atoms with Crippen LogP contribution in [0.4, 0.5) is 0 Å². The predicted molar refractivity (Wildman–Crippen MR) is 69.5 cm³/mol. The van der Waals surface area contributed by atoms with Crippen LogP contribution in [0.3, 0.4) is 0 Å². The SMILES string of the molecule is CC1(C(N)=O)CCN(C(CN)c2ccncc2)C1. The number of carbonyl (C=O) groups excluding carboxylic acids is 1. The van der Waals surface area contributed by atoms with Crippen LogP contribution >= 0.6 is 0 Å². The highest BCUT2D eigenvalue weighted by Crippen LogP contribution is 2.34. The first kappa shape index (κ1) is 13.0. The average Bonchev–Trinajstić information content (AvgIpc) is 2.76. The second-order valence-corrected chi connectivity index (χ2v) is 5.18. The summed E-state index contributed by atoms with van der Waals surface area (Å²) in [6.45, 7) is 3.98. The van der Waals surface area contributed by atoms with Crippen molar-refractivity contribution in [2.75, 3.05) is 19.6 Å². The minimum absolute atomic E-state index is 0.133. The highest BCUT2D eigenvalue weighted by atomic mass is 16.1. The second-order valence-electron chi connectivity index (χ2n) is 5.18. The molecule has 98 valence electrons. The van der Waals surface area contributed by atoms with E-state index in [-0.39, 0.29) is 11.9 Å². The molecule has 0 bridgehead atoms. The summed E-state index contributed by atoms with van der Waals surface area (Å²) in [5.41, 5.74) is 12.0. The minimum atomic E-state index is -0.430. The third kappa shape index (κ3) is 2.37. The summed E-state index contributed by atoms with van der Waals surface area (Å²) >= 11 is 0.